The third-order valence-electron chi connectivity index (χ3n) is 3.83. The van der Waals surface area contributed by atoms with E-state index in [0.29, 0.717) is 6.42 Å². The normalized spacial score (nSPS) is 14.0. The molecule has 0 radical (unpaired) electrons. The molecule has 3 unspecified atom stereocenters. The van der Waals surface area contributed by atoms with Crippen molar-refractivity contribution in [1.82, 2.24) is 16.0 Å². The molecule has 0 heterocycles. The van der Waals surface area contributed by atoms with Gasteiger partial charge in [0.2, 0.25) is 17.7 Å². The van der Waals surface area contributed by atoms with E-state index in [1.54, 1.807) is 13.8 Å². The monoisotopic (exact) mass is 416 g/mol. The number of hydrogen-bond acceptors (Lipinski definition) is 6. The summed E-state index contributed by atoms with van der Waals surface area (Å²) in [7, 11) is 0. The van der Waals surface area contributed by atoms with Crippen molar-refractivity contribution in [2.75, 3.05) is 6.54 Å². The summed E-state index contributed by atoms with van der Waals surface area (Å²) in [4.78, 5) is 58.7. The van der Waals surface area contributed by atoms with Crippen LogP contribution in [-0.2, 0) is 24.0 Å². The molecule has 0 aliphatic heterocycles. The number of hydrogen-bond donors (Lipinski definition) is 6. The fourth-order valence-electron chi connectivity index (χ4n) is 2.54. The minimum atomic E-state index is -1.43. The average molecular weight is 416 g/mol. The Kier molecular flexibility index (Phi) is 11.5. The third-order valence-corrected chi connectivity index (χ3v) is 3.83. The average Bonchev–Trinajstić information content (AvgIpc) is 2.56. The summed E-state index contributed by atoms with van der Waals surface area (Å²) in [5.41, 5.74) is 5.77. The summed E-state index contributed by atoms with van der Waals surface area (Å²) in [6.07, 6.45) is -0.157. The second-order valence-electron chi connectivity index (χ2n) is 7.70. The van der Waals surface area contributed by atoms with Gasteiger partial charge >= 0.3 is 11.9 Å². The zero-order valence-electron chi connectivity index (χ0n) is 17.2. The molecule has 0 aromatic rings. The molecule has 166 valence electrons. The summed E-state index contributed by atoms with van der Waals surface area (Å²) in [6, 6.07) is -3.43. The molecule has 7 N–H and O–H groups in total. The highest BCUT2D eigenvalue weighted by Crippen LogP contribution is 2.07. The lowest BCUT2D eigenvalue weighted by Crippen LogP contribution is -2.56. The van der Waals surface area contributed by atoms with Crippen LogP contribution in [0, 0.1) is 11.8 Å². The number of nitrogens with two attached hydrogens (primary N) is 1. The van der Waals surface area contributed by atoms with Crippen molar-refractivity contribution in [3.8, 4) is 0 Å². The summed E-state index contributed by atoms with van der Waals surface area (Å²) >= 11 is 0. The van der Waals surface area contributed by atoms with E-state index in [1.165, 1.54) is 0 Å². The first-order valence-corrected chi connectivity index (χ1v) is 9.41. The fraction of sp³-hybridized carbons (Fsp3) is 0.722. The van der Waals surface area contributed by atoms with Gasteiger partial charge in [-0.05, 0) is 24.7 Å². The van der Waals surface area contributed by atoms with Crippen LogP contribution in [0.3, 0.4) is 0 Å². The van der Waals surface area contributed by atoms with Crippen LogP contribution in [0.4, 0.5) is 0 Å². The smallest absolute Gasteiger partial charge is 0.322 e. The quantitative estimate of drug-likeness (QED) is 0.221. The van der Waals surface area contributed by atoms with E-state index >= 15 is 0 Å². The Labute approximate surface area is 169 Å². The lowest BCUT2D eigenvalue weighted by molar-refractivity contribution is -0.141. The third kappa shape index (κ3) is 11.7. The molecular formula is C18H32N4O7. The van der Waals surface area contributed by atoms with Gasteiger partial charge in [0.1, 0.15) is 18.6 Å². The molecule has 3 atom stereocenters. The number of rotatable bonds is 13. The van der Waals surface area contributed by atoms with Gasteiger partial charge in [-0.1, -0.05) is 27.7 Å². The van der Waals surface area contributed by atoms with E-state index < -0.39 is 60.8 Å². The molecule has 0 bridgehead atoms. The van der Waals surface area contributed by atoms with Gasteiger partial charge in [0.15, 0.2) is 0 Å². The van der Waals surface area contributed by atoms with Gasteiger partial charge in [-0.2, -0.15) is 0 Å². The zero-order valence-corrected chi connectivity index (χ0v) is 17.2. The van der Waals surface area contributed by atoms with Gasteiger partial charge in [-0.3, -0.25) is 24.0 Å². The molecule has 11 nitrogen and oxygen atoms in total. The summed E-state index contributed by atoms with van der Waals surface area (Å²) in [5.74, 6) is -4.73. The van der Waals surface area contributed by atoms with Gasteiger partial charge in [-0.15, -0.1) is 0 Å². The molecule has 0 rings (SSSR count). The maximum absolute atomic E-state index is 12.6. The molecule has 0 spiro atoms. The Bertz CT molecular complexity index is 607. The molecule has 0 aliphatic rings. The van der Waals surface area contributed by atoms with E-state index in [0.717, 1.165) is 0 Å². The Hall–Kier alpha value is -2.69. The van der Waals surface area contributed by atoms with Crippen LogP contribution in [0.15, 0.2) is 0 Å². The van der Waals surface area contributed by atoms with Crippen LogP contribution in [0.25, 0.3) is 0 Å². The number of nitrogens with one attached hydrogen (secondary N) is 3. The number of carboxylic acids is 2. The maximum atomic E-state index is 12.6. The Morgan fingerprint density at radius 1 is 0.759 bits per heavy atom. The van der Waals surface area contributed by atoms with E-state index in [2.05, 4.69) is 16.0 Å². The molecule has 0 aromatic carbocycles. The number of carbonyl (C=O) groups excluding carboxylic acids is 3. The Balaban J connectivity index is 5.26. The van der Waals surface area contributed by atoms with Crippen molar-refractivity contribution < 1.29 is 34.2 Å². The lowest BCUT2D eigenvalue weighted by atomic mass is 10.0. The molecule has 29 heavy (non-hydrogen) atoms. The first-order valence-electron chi connectivity index (χ1n) is 9.41. The van der Waals surface area contributed by atoms with Crippen molar-refractivity contribution in [2.45, 2.75) is 65.1 Å². The molecule has 3 amide bonds. The molecule has 0 fully saturated rings. The van der Waals surface area contributed by atoms with Gasteiger partial charge in [0.05, 0.1) is 12.5 Å². The van der Waals surface area contributed by atoms with Gasteiger partial charge in [0, 0.05) is 0 Å². The van der Waals surface area contributed by atoms with E-state index in [9.17, 15) is 24.0 Å². The van der Waals surface area contributed by atoms with Gasteiger partial charge in [-0.25, -0.2) is 0 Å². The summed E-state index contributed by atoms with van der Waals surface area (Å²) in [5, 5.41) is 24.6. The van der Waals surface area contributed by atoms with Crippen molar-refractivity contribution in [1.29, 1.82) is 0 Å². The van der Waals surface area contributed by atoms with Crippen molar-refractivity contribution in [3.05, 3.63) is 0 Å². The van der Waals surface area contributed by atoms with Crippen LogP contribution >= 0.6 is 0 Å². The van der Waals surface area contributed by atoms with Crippen molar-refractivity contribution >= 4 is 29.7 Å². The molecule has 0 saturated carbocycles. The van der Waals surface area contributed by atoms with Crippen LogP contribution in [0.1, 0.15) is 47.0 Å². The van der Waals surface area contributed by atoms with Crippen LogP contribution in [0.2, 0.25) is 0 Å². The minimum Gasteiger partial charge on any atom is -0.481 e. The molecule has 11 heteroatoms. The van der Waals surface area contributed by atoms with Crippen LogP contribution in [0.5, 0.6) is 0 Å². The van der Waals surface area contributed by atoms with Gasteiger partial charge < -0.3 is 31.9 Å². The Morgan fingerprint density at radius 3 is 1.72 bits per heavy atom. The topological polar surface area (TPSA) is 188 Å². The highest BCUT2D eigenvalue weighted by atomic mass is 16.4. The number of carboxylic acid groups (broad SMARTS) is 2. The van der Waals surface area contributed by atoms with E-state index in [4.69, 9.17) is 15.9 Å². The predicted octanol–water partition coefficient (Wildman–Crippen LogP) is -0.949. The van der Waals surface area contributed by atoms with Crippen molar-refractivity contribution in [2.24, 2.45) is 17.6 Å². The lowest BCUT2D eigenvalue weighted by Gasteiger charge is -2.24. The summed E-state index contributed by atoms with van der Waals surface area (Å²) < 4.78 is 0. The molecule has 0 saturated heterocycles. The van der Waals surface area contributed by atoms with Crippen molar-refractivity contribution in [3.63, 3.8) is 0 Å². The minimum absolute atomic E-state index is 0.0251. The van der Waals surface area contributed by atoms with Crippen LogP contribution in [-0.4, -0.2) is 64.5 Å². The number of amides is 3. The SMILES string of the molecule is CC(C)CC(N)C(=O)NC(CC(=O)O)C(=O)NC(CC(C)C)C(=O)NCC(=O)O. The largest absolute Gasteiger partial charge is 0.481 e. The second kappa shape index (κ2) is 12.7. The maximum Gasteiger partial charge on any atom is 0.322 e. The number of carbonyl (C=O) groups is 5. The molecular weight excluding hydrogens is 384 g/mol. The standard InChI is InChI=1S/C18H32N4O7/c1-9(2)5-11(19)16(27)21-13(7-14(23)24)18(29)22-12(6-10(3)4)17(28)20-8-15(25)26/h9-13H,5-8,19H2,1-4H3,(H,20,28)(H,21,27)(H,22,29)(H,23,24)(H,25,26). The van der Waals surface area contributed by atoms with Crippen LogP contribution < -0.4 is 21.7 Å². The second-order valence-corrected chi connectivity index (χ2v) is 7.70. The van der Waals surface area contributed by atoms with Gasteiger partial charge in [0.25, 0.3) is 0 Å². The molecule has 0 aliphatic carbocycles. The summed E-state index contributed by atoms with van der Waals surface area (Å²) in [6.45, 7) is 6.69. The fourth-order valence-corrected chi connectivity index (χ4v) is 2.54. The highest BCUT2D eigenvalue weighted by molar-refractivity contribution is 5.95. The highest BCUT2D eigenvalue weighted by Gasteiger charge is 2.30. The molecule has 0 aromatic heterocycles. The Morgan fingerprint density at radius 2 is 1.28 bits per heavy atom. The van der Waals surface area contributed by atoms with E-state index in [1.807, 2.05) is 13.8 Å². The predicted molar refractivity (Wildman–Crippen MR) is 104 cm³/mol. The number of aliphatic carboxylic acids is 2. The van der Waals surface area contributed by atoms with E-state index in [-0.39, 0.29) is 18.3 Å². The zero-order chi connectivity index (χ0) is 22.7. The first kappa shape index (κ1) is 26.3. The first-order chi connectivity index (χ1) is 13.3.